The maximum atomic E-state index is 11.9. The van der Waals surface area contributed by atoms with Crippen LogP contribution in [0.1, 0.15) is 58.8 Å². The second-order valence-corrected chi connectivity index (χ2v) is 5.48. The summed E-state index contributed by atoms with van der Waals surface area (Å²) in [5, 5.41) is 11.5. The SMILES string of the molecule is CC[C@H](CC#N)OC(=O)C[C@@H](C)NC(=O)C1CCCC1. The normalized spacial score (nSPS) is 18.1. The van der Waals surface area contributed by atoms with E-state index in [0.29, 0.717) is 6.42 Å². The van der Waals surface area contributed by atoms with Gasteiger partial charge in [0, 0.05) is 12.0 Å². The third kappa shape index (κ3) is 5.60. The molecule has 0 aliphatic heterocycles. The summed E-state index contributed by atoms with van der Waals surface area (Å²) >= 11 is 0. The predicted octanol–water partition coefficient (Wildman–Crippen LogP) is 2.31. The molecule has 1 aliphatic carbocycles. The first-order valence-electron chi connectivity index (χ1n) is 7.43. The van der Waals surface area contributed by atoms with Crippen molar-refractivity contribution in [3.05, 3.63) is 0 Å². The zero-order valence-electron chi connectivity index (χ0n) is 12.4. The molecule has 0 unspecified atom stereocenters. The molecule has 0 aromatic rings. The van der Waals surface area contributed by atoms with E-state index in [2.05, 4.69) is 5.32 Å². The lowest BCUT2D eigenvalue weighted by atomic mass is 10.1. The minimum atomic E-state index is -0.355. The van der Waals surface area contributed by atoms with Gasteiger partial charge in [0.05, 0.1) is 18.9 Å². The van der Waals surface area contributed by atoms with Crippen molar-refractivity contribution in [2.45, 2.75) is 70.9 Å². The Kier molecular flexibility index (Phi) is 7.06. The minimum absolute atomic E-state index is 0.0480. The van der Waals surface area contributed by atoms with Crippen LogP contribution in [0, 0.1) is 17.2 Å². The second-order valence-electron chi connectivity index (χ2n) is 5.48. The Labute approximate surface area is 120 Å². The highest BCUT2D eigenvalue weighted by Crippen LogP contribution is 2.24. The molecule has 1 fully saturated rings. The zero-order valence-corrected chi connectivity index (χ0v) is 12.4. The van der Waals surface area contributed by atoms with Gasteiger partial charge in [0.25, 0.3) is 0 Å². The zero-order chi connectivity index (χ0) is 15.0. The van der Waals surface area contributed by atoms with Gasteiger partial charge < -0.3 is 10.1 Å². The van der Waals surface area contributed by atoms with Crippen molar-refractivity contribution >= 4 is 11.9 Å². The van der Waals surface area contributed by atoms with Gasteiger partial charge >= 0.3 is 5.97 Å². The molecule has 2 atom stereocenters. The van der Waals surface area contributed by atoms with Gasteiger partial charge in [-0.3, -0.25) is 9.59 Å². The number of ether oxygens (including phenoxy) is 1. The van der Waals surface area contributed by atoms with Gasteiger partial charge in [-0.25, -0.2) is 0 Å². The largest absolute Gasteiger partial charge is 0.461 e. The third-order valence-corrected chi connectivity index (χ3v) is 3.66. The van der Waals surface area contributed by atoms with Crippen molar-refractivity contribution in [2.75, 3.05) is 0 Å². The predicted molar refractivity (Wildman–Crippen MR) is 74.6 cm³/mol. The number of hydrogen-bond acceptors (Lipinski definition) is 4. The van der Waals surface area contributed by atoms with Crippen molar-refractivity contribution in [2.24, 2.45) is 5.92 Å². The molecule has 0 saturated heterocycles. The summed E-state index contributed by atoms with van der Waals surface area (Å²) in [5.41, 5.74) is 0. The van der Waals surface area contributed by atoms with Crippen LogP contribution in [0.3, 0.4) is 0 Å². The quantitative estimate of drug-likeness (QED) is 0.726. The van der Waals surface area contributed by atoms with E-state index in [9.17, 15) is 9.59 Å². The van der Waals surface area contributed by atoms with Gasteiger partial charge in [0.15, 0.2) is 0 Å². The number of nitrogens with one attached hydrogen (secondary N) is 1. The molecule has 1 rings (SSSR count). The van der Waals surface area contributed by atoms with Crippen molar-refractivity contribution in [1.29, 1.82) is 5.26 Å². The highest BCUT2D eigenvalue weighted by Gasteiger charge is 2.24. The van der Waals surface area contributed by atoms with E-state index in [0.717, 1.165) is 25.7 Å². The second kappa shape index (κ2) is 8.57. The summed E-state index contributed by atoms with van der Waals surface area (Å²) in [6, 6.07) is 1.77. The maximum absolute atomic E-state index is 11.9. The molecule has 0 radical (unpaired) electrons. The number of nitrogens with zero attached hydrogens (tertiary/aromatic N) is 1. The molecule has 0 aromatic carbocycles. The van der Waals surface area contributed by atoms with E-state index in [1.807, 2.05) is 13.0 Å². The Morgan fingerprint density at radius 3 is 2.60 bits per heavy atom. The van der Waals surface area contributed by atoms with Crippen LogP contribution in [-0.4, -0.2) is 24.0 Å². The first-order valence-corrected chi connectivity index (χ1v) is 7.43. The maximum Gasteiger partial charge on any atom is 0.308 e. The number of amides is 1. The number of esters is 1. The Bertz CT molecular complexity index is 370. The number of carbonyl (C=O) groups excluding carboxylic acids is 2. The summed E-state index contributed by atoms with van der Waals surface area (Å²) in [5.74, 6) is -0.200. The number of rotatable bonds is 7. The van der Waals surface area contributed by atoms with Gasteiger partial charge in [0.2, 0.25) is 5.91 Å². The fraction of sp³-hybridized carbons (Fsp3) is 0.800. The van der Waals surface area contributed by atoms with Crippen LogP contribution in [-0.2, 0) is 14.3 Å². The molecule has 1 N–H and O–H groups in total. The molecule has 1 amide bonds. The van der Waals surface area contributed by atoms with E-state index in [-0.39, 0.29) is 42.8 Å². The summed E-state index contributed by atoms with van der Waals surface area (Å²) in [6.45, 7) is 3.68. The fourth-order valence-electron chi connectivity index (χ4n) is 2.45. The van der Waals surface area contributed by atoms with Gasteiger partial charge in [-0.15, -0.1) is 0 Å². The Morgan fingerprint density at radius 1 is 1.40 bits per heavy atom. The first kappa shape index (κ1) is 16.5. The molecule has 5 nitrogen and oxygen atoms in total. The summed E-state index contributed by atoms with van der Waals surface area (Å²) in [4.78, 5) is 23.6. The monoisotopic (exact) mass is 280 g/mol. The molecule has 0 aromatic heterocycles. The fourth-order valence-corrected chi connectivity index (χ4v) is 2.45. The standard InChI is InChI=1S/C15H24N2O3/c1-3-13(8-9-16)20-14(18)10-11(2)17-15(19)12-6-4-5-7-12/h11-13H,3-8,10H2,1-2H3,(H,17,19)/t11-,13-/m1/s1. The van der Waals surface area contributed by atoms with Crippen LogP contribution < -0.4 is 5.32 Å². The number of nitriles is 1. The number of hydrogen-bond donors (Lipinski definition) is 1. The topological polar surface area (TPSA) is 79.2 Å². The van der Waals surface area contributed by atoms with Crippen LogP contribution in [0.5, 0.6) is 0 Å². The van der Waals surface area contributed by atoms with E-state index in [1.54, 1.807) is 6.92 Å². The van der Waals surface area contributed by atoms with Crippen LogP contribution in [0.2, 0.25) is 0 Å². The van der Waals surface area contributed by atoms with Crippen LogP contribution in [0.4, 0.5) is 0 Å². The summed E-state index contributed by atoms with van der Waals surface area (Å²) in [7, 11) is 0. The molecular weight excluding hydrogens is 256 g/mol. The molecular formula is C15H24N2O3. The number of carbonyl (C=O) groups is 2. The lowest BCUT2D eigenvalue weighted by Gasteiger charge is -2.18. The molecule has 1 saturated carbocycles. The first-order chi connectivity index (χ1) is 9.56. The Hall–Kier alpha value is -1.57. The van der Waals surface area contributed by atoms with Crippen LogP contribution >= 0.6 is 0 Å². The van der Waals surface area contributed by atoms with E-state index in [1.165, 1.54) is 0 Å². The molecule has 0 bridgehead atoms. The average molecular weight is 280 g/mol. The van der Waals surface area contributed by atoms with E-state index < -0.39 is 0 Å². The van der Waals surface area contributed by atoms with Crippen LogP contribution in [0.15, 0.2) is 0 Å². The minimum Gasteiger partial charge on any atom is -0.461 e. The Balaban J connectivity index is 2.30. The van der Waals surface area contributed by atoms with E-state index in [4.69, 9.17) is 10.00 Å². The Morgan fingerprint density at radius 2 is 2.05 bits per heavy atom. The van der Waals surface area contributed by atoms with E-state index >= 15 is 0 Å². The molecule has 0 spiro atoms. The van der Waals surface area contributed by atoms with Crippen molar-refractivity contribution in [3.8, 4) is 6.07 Å². The molecule has 1 aliphatic rings. The highest BCUT2D eigenvalue weighted by atomic mass is 16.5. The molecule has 5 heteroatoms. The summed E-state index contributed by atoms with van der Waals surface area (Å²) in [6.07, 6.45) is 4.77. The van der Waals surface area contributed by atoms with Gasteiger partial charge in [0.1, 0.15) is 6.10 Å². The average Bonchev–Trinajstić information content (AvgIpc) is 2.91. The van der Waals surface area contributed by atoms with Crippen molar-refractivity contribution in [1.82, 2.24) is 5.32 Å². The van der Waals surface area contributed by atoms with Gasteiger partial charge in [-0.2, -0.15) is 5.26 Å². The summed E-state index contributed by atoms with van der Waals surface area (Å²) < 4.78 is 5.21. The molecule has 0 heterocycles. The molecule has 112 valence electrons. The lowest BCUT2D eigenvalue weighted by molar-refractivity contribution is -0.149. The highest BCUT2D eigenvalue weighted by molar-refractivity contribution is 5.80. The van der Waals surface area contributed by atoms with Gasteiger partial charge in [-0.1, -0.05) is 19.8 Å². The van der Waals surface area contributed by atoms with Crippen molar-refractivity contribution < 1.29 is 14.3 Å². The lowest BCUT2D eigenvalue weighted by Crippen LogP contribution is -2.38. The molecule has 20 heavy (non-hydrogen) atoms. The third-order valence-electron chi connectivity index (χ3n) is 3.66. The van der Waals surface area contributed by atoms with Gasteiger partial charge in [-0.05, 0) is 26.2 Å². The van der Waals surface area contributed by atoms with Crippen molar-refractivity contribution in [3.63, 3.8) is 0 Å². The van der Waals surface area contributed by atoms with Crippen LogP contribution in [0.25, 0.3) is 0 Å². The smallest absolute Gasteiger partial charge is 0.308 e.